The van der Waals surface area contributed by atoms with Crippen molar-refractivity contribution in [2.75, 3.05) is 5.32 Å². The fourth-order valence-electron chi connectivity index (χ4n) is 2.91. The van der Waals surface area contributed by atoms with Crippen LogP contribution < -0.4 is 5.32 Å². The molecule has 1 aromatic carbocycles. The molecule has 5 nitrogen and oxygen atoms in total. The minimum atomic E-state index is -0.608. The summed E-state index contributed by atoms with van der Waals surface area (Å²) in [5, 5.41) is 11.3. The van der Waals surface area contributed by atoms with Crippen LogP contribution >= 0.6 is 0 Å². The Morgan fingerprint density at radius 3 is 2.61 bits per heavy atom. The highest BCUT2D eigenvalue weighted by atomic mass is 19.1. The number of benzene rings is 1. The summed E-state index contributed by atoms with van der Waals surface area (Å²) in [6.45, 7) is 1.82. The zero-order valence-electron chi connectivity index (χ0n) is 15.0. The molecule has 7 heteroatoms. The molecule has 0 radical (unpaired) electrons. The van der Waals surface area contributed by atoms with Crippen molar-refractivity contribution in [3.63, 3.8) is 0 Å². The van der Waals surface area contributed by atoms with Gasteiger partial charge in [-0.3, -0.25) is 10.1 Å². The second-order valence-electron chi connectivity index (χ2n) is 6.38. The molecule has 3 aromatic heterocycles. The molecular weight excluding hydrogens is 360 g/mol. The van der Waals surface area contributed by atoms with Gasteiger partial charge in [0, 0.05) is 17.6 Å². The number of rotatable bonds is 5. The standard InChI is InChI=1S/C21H17F2N5/c1-13(14-8-15(22)10-16(23)9-14)26-21-11-18-19(27-28-20(18)12-25-21)6-5-17-4-2-3-7-24-17/h2-13H,1H3,(H,25,26)(H,27,28)/b6-5+. The average molecular weight is 377 g/mol. The van der Waals surface area contributed by atoms with Gasteiger partial charge < -0.3 is 5.32 Å². The highest BCUT2D eigenvalue weighted by Crippen LogP contribution is 2.24. The molecule has 0 spiro atoms. The van der Waals surface area contributed by atoms with Crippen molar-refractivity contribution in [3.05, 3.63) is 83.4 Å². The van der Waals surface area contributed by atoms with Gasteiger partial charge in [0.1, 0.15) is 17.5 Å². The molecule has 0 fully saturated rings. The molecule has 1 atom stereocenters. The topological polar surface area (TPSA) is 66.5 Å². The number of H-pyrrole nitrogens is 1. The summed E-state index contributed by atoms with van der Waals surface area (Å²) in [6, 6.07) is 10.7. The van der Waals surface area contributed by atoms with Crippen molar-refractivity contribution in [2.45, 2.75) is 13.0 Å². The van der Waals surface area contributed by atoms with E-state index in [1.807, 2.05) is 43.3 Å². The van der Waals surface area contributed by atoms with Gasteiger partial charge in [-0.25, -0.2) is 13.8 Å². The Bertz CT molecular complexity index is 1120. The van der Waals surface area contributed by atoms with E-state index in [-0.39, 0.29) is 6.04 Å². The van der Waals surface area contributed by atoms with Crippen LogP contribution in [-0.4, -0.2) is 20.2 Å². The van der Waals surface area contributed by atoms with E-state index in [4.69, 9.17) is 0 Å². The number of halogens is 2. The van der Waals surface area contributed by atoms with Gasteiger partial charge >= 0.3 is 0 Å². The van der Waals surface area contributed by atoms with Crippen LogP contribution in [0, 0.1) is 11.6 Å². The predicted molar refractivity (Wildman–Crippen MR) is 105 cm³/mol. The third kappa shape index (κ3) is 3.88. The normalized spacial score (nSPS) is 12.5. The zero-order chi connectivity index (χ0) is 19.5. The minimum Gasteiger partial charge on any atom is -0.364 e. The quantitative estimate of drug-likeness (QED) is 0.515. The van der Waals surface area contributed by atoms with Crippen LogP contribution in [0.15, 0.2) is 54.9 Å². The molecule has 4 aromatic rings. The molecule has 28 heavy (non-hydrogen) atoms. The van der Waals surface area contributed by atoms with Crippen LogP contribution in [0.5, 0.6) is 0 Å². The number of anilines is 1. The molecule has 0 saturated heterocycles. The number of nitrogens with one attached hydrogen (secondary N) is 2. The lowest BCUT2D eigenvalue weighted by Gasteiger charge is -2.15. The van der Waals surface area contributed by atoms with Gasteiger partial charge in [0.15, 0.2) is 0 Å². The summed E-state index contributed by atoms with van der Waals surface area (Å²) in [5.41, 5.74) is 2.86. The fourth-order valence-corrected chi connectivity index (χ4v) is 2.91. The third-order valence-corrected chi connectivity index (χ3v) is 4.33. The highest BCUT2D eigenvalue weighted by Gasteiger charge is 2.11. The number of hydrogen-bond donors (Lipinski definition) is 2. The first-order valence-electron chi connectivity index (χ1n) is 8.74. The van der Waals surface area contributed by atoms with E-state index in [0.717, 1.165) is 28.4 Å². The smallest absolute Gasteiger partial charge is 0.127 e. The zero-order valence-corrected chi connectivity index (χ0v) is 15.0. The van der Waals surface area contributed by atoms with Gasteiger partial charge in [-0.05, 0) is 55.0 Å². The van der Waals surface area contributed by atoms with Gasteiger partial charge in [0.05, 0.1) is 29.1 Å². The largest absolute Gasteiger partial charge is 0.364 e. The van der Waals surface area contributed by atoms with Crippen LogP contribution in [0.2, 0.25) is 0 Å². The Labute approximate surface area is 160 Å². The molecule has 0 aliphatic rings. The first kappa shape index (κ1) is 17.8. The monoisotopic (exact) mass is 377 g/mol. The number of aromatic amines is 1. The van der Waals surface area contributed by atoms with Crippen LogP contribution in [0.25, 0.3) is 23.1 Å². The van der Waals surface area contributed by atoms with Crippen LogP contribution in [-0.2, 0) is 0 Å². The van der Waals surface area contributed by atoms with Crippen LogP contribution in [0.1, 0.15) is 29.9 Å². The summed E-state index contributed by atoms with van der Waals surface area (Å²) in [4.78, 5) is 8.59. The Morgan fingerprint density at radius 2 is 1.86 bits per heavy atom. The van der Waals surface area contributed by atoms with Gasteiger partial charge in [0.2, 0.25) is 0 Å². The van der Waals surface area contributed by atoms with Crippen LogP contribution in [0.3, 0.4) is 0 Å². The van der Waals surface area contributed by atoms with E-state index in [2.05, 4.69) is 25.5 Å². The van der Waals surface area contributed by atoms with Crippen molar-refractivity contribution in [2.24, 2.45) is 0 Å². The first-order chi connectivity index (χ1) is 13.6. The first-order valence-corrected chi connectivity index (χ1v) is 8.74. The second-order valence-corrected chi connectivity index (χ2v) is 6.38. The van der Waals surface area contributed by atoms with E-state index in [0.29, 0.717) is 11.4 Å². The summed E-state index contributed by atoms with van der Waals surface area (Å²) in [5.74, 6) is -0.633. The van der Waals surface area contributed by atoms with Crippen molar-refractivity contribution in [3.8, 4) is 0 Å². The van der Waals surface area contributed by atoms with Gasteiger partial charge in [0.25, 0.3) is 0 Å². The van der Waals surface area contributed by atoms with Gasteiger partial charge in [-0.2, -0.15) is 5.10 Å². The van der Waals surface area contributed by atoms with Crippen molar-refractivity contribution in [1.82, 2.24) is 20.2 Å². The second kappa shape index (κ2) is 7.56. The van der Waals surface area contributed by atoms with E-state index in [1.165, 1.54) is 12.1 Å². The van der Waals surface area contributed by atoms with Crippen molar-refractivity contribution in [1.29, 1.82) is 0 Å². The Balaban J connectivity index is 1.59. The fraction of sp³-hybridized carbons (Fsp3) is 0.0952. The van der Waals surface area contributed by atoms with E-state index < -0.39 is 11.6 Å². The van der Waals surface area contributed by atoms with E-state index in [9.17, 15) is 8.78 Å². The summed E-state index contributed by atoms with van der Waals surface area (Å²) < 4.78 is 26.9. The van der Waals surface area contributed by atoms with Crippen molar-refractivity contribution < 1.29 is 8.78 Å². The minimum absolute atomic E-state index is 0.324. The number of hydrogen-bond acceptors (Lipinski definition) is 4. The van der Waals surface area contributed by atoms with Gasteiger partial charge in [-0.1, -0.05) is 6.07 Å². The molecule has 0 bridgehead atoms. The molecule has 3 heterocycles. The predicted octanol–water partition coefficient (Wildman–Crippen LogP) is 4.97. The molecular formula is C21H17F2N5. The molecule has 140 valence electrons. The number of pyridine rings is 2. The Hall–Kier alpha value is -3.61. The lowest BCUT2D eigenvalue weighted by atomic mass is 10.1. The lowest BCUT2D eigenvalue weighted by molar-refractivity contribution is 0.577. The molecule has 0 aliphatic heterocycles. The number of aromatic nitrogens is 4. The third-order valence-electron chi connectivity index (χ3n) is 4.33. The van der Waals surface area contributed by atoms with Crippen molar-refractivity contribution >= 4 is 28.9 Å². The van der Waals surface area contributed by atoms with Gasteiger partial charge in [-0.15, -0.1) is 0 Å². The Kier molecular flexibility index (Phi) is 4.80. The lowest BCUT2D eigenvalue weighted by Crippen LogP contribution is -2.08. The molecule has 4 rings (SSSR count). The maximum Gasteiger partial charge on any atom is 0.127 e. The molecule has 0 aliphatic carbocycles. The summed E-state index contributed by atoms with van der Waals surface area (Å²) in [7, 11) is 0. The number of nitrogens with zero attached hydrogens (tertiary/aromatic N) is 3. The molecule has 0 saturated carbocycles. The summed E-state index contributed by atoms with van der Waals surface area (Å²) in [6.07, 6.45) is 7.14. The Morgan fingerprint density at radius 1 is 1.04 bits per heavy atom. The summed E-state index contributed by atoms with van der Waals surface area (Å²) >= 11 is 0. The maximum atomic E-state index is 13.5. The van der Waals surface area contributed by atoms with Crippen LogP contribution in [0.4, 0.5) is 14.6 Å². The molecule has 1 unspecified atom stereocenters. The SMILES string of the molecule is CC(Nc1cc2c(/C=C/c3ccccn3)n[nH]c2cn1)c1cc(F)cc(F)c1. The molecule has 2 N–H and O–H groups in total. The highest BCUT2D eigenvalue weighted by molar-refractivity contribution is 5.90. The average Bonchev–Trinajstić information content (AvgIpc) is 3.09. The van der Waals surface area contributed by atoms with E-state index in [1.54, 1.807) is 12.4 Å². The maximum absolute atomic E-state index is 13.5. The molecule has 0 amide bonds. The van der Waals surface area contributed by atoms with E-state index >= 15 is 0 Å². The number of fused-ring (bicyclic) bond motifs is 1.